The second-order valence-electron chi connectivity index (χ2n) is 6.90. The molecule has 1 N–H and O–H groups in total. The van der Waals surface area contributed by atoms with Gasteiger partial charge in [0.05, 0.1) is 11.4 Å². The summed E-state index contributed by atoms with van der Waals surface area (Å²) in [6.07, 6.45) is 3.37. The van der Waals surface area contributed by atoms with E-state index < -0.39 is 0 Å². The van der Waals surface area contributed by atoms with Crippen molar-refractivity contribution in [1.29, 1.82) is 0 Å². The van der Waals surface area contributed by atoms with Gasteiger partial charge in [0.15, 0.2) is 0 Å². The molecule has 0 unspecified atom stereocenters. The minimum Gasteiger partial charge on any atom is -0.378 e. The Labute approximate surface area is 159 Å². The highest BCUT2D eigenvalue weighted by atomic mass is 35.5. The van der Waals surface area contributed by atoms with Crippen LogP contribution in [0.4, 0.5) is 11.5 Å². The fourth-order valence-corrected chi connectivity index (χ4v) is 3.64. The Morgan fingerprint density at radius 2 is 1.92 bits per heavy atom. The first-order chi connectivity index (χ1) is 12.6. The minimum atomic E-state index is 0.719. The van der Waals surface area contributed by atoms with Gasteiger partial charge in [-0.2, -0.15) is 5.10 Å². The van der Waals surface area contributed by atoms with E-state index in [2.05, 4.69) is 48.6 Å². The monoisotopic (exact) mass is 366 g/mol. The Hall–Kier alpha value is -2.46. The third-order valence-electron chi connectivity index (χ3n) is 4.82. The van der Waals surface area contributed by atoms with Crippen LogP contribution in [-0.2, 0) is 6.42 Å². The van der Waals surface area contributed by atoms with Crippen molar-refractivity contribution in [2.24, 2.45) is 0 Å². The summed E-state index contributed by atoms with van der Waals surface area (Å²) in [6, 6.07) is 16.4. The third-order valence-corrected chi connectivity index (χ3v) is 5.05. The maximum absolute atomic E-state index is 6.22. The molecule has 1 aliphatic heterocycles. The van der Waals surface area contributed by atoms with Crippen LogP contribution in [0.3, 0.4) is 0 Å². The molecule has 5 heteroatoms. The minimum absolute atomic E-state index is 0.719. The molecule has 0 fully saturated rings. The van der Waals surface area contributed by atoms with Crippen molar-refractivity contribution in [3.8, 4) is 16.9 Å². The van der Waals surface area contributed by atoms with E-state index in [9.17, 15) is 0 Å². The van der Waals surface area contributed by atoms with Crippen LogP contribution >= 0.6 is 11.6 Å². The highest BCUT2D eigenvalue weighted by molar-refractivity contribution is 6.30. The molecule has 0 bridgehead atoms. The average molecular weight is 367 g/mol. The molecule has 0 spiro atoms. The number of nitrogens with one attached hydrogen (secondary N) is 1. The van der Waals surface area contributed by atoms with Gasteiger partial charge in [0.25, 0.3) is 0 Å². The topological polar surface area (TPSA) is 33.1 Å². The summed E-state index contributed by atoms with van der Waals surface area (Å²) >= 11 is 6.22. The molecule has 0 saturated carbocycles. The van der Waals surface area contributed by atoms with Gasteiger partial charge < -0.3 is 10.2 Å². The average Bonchev–Trinajstić information content (AvgIpc) is 2.83. The Balaban J connectivity index is 1.89. The van der Waals surface area contributed by atoms with Crippen molar-refractivity contribution in [2.45, 2.75) is 19.3 Å². The van der Waals surface area contributed by atoms with E-state index in [1.807, 2.05) is 28.9 Å². The van der Waals surface area contributed by atoms with E-state index in [4.69, 9.17) is 16.7 Å². The van der Waals surface area contributed by atoms with Crippen LogP contribution in [-0.4, -0.2) is 30.4 Å². The maximum Gasteiger partial charge on any atom is 0.133 e. The van der Waals surface area contributed by atoms with Gasteiger partial charge in [0, 0.05) is 42.5 Å². The Kier molecular flexibility index (Phi) is 4.60. The number of hydrogen-bond acceptors (Lipinski definition) is 3. The summed E-state index contributed by atoms with van der Waals surface area (Å²) in [4.78, 5) is 2.12. The summed E-state index contributed by atoms with van der Waals surface area (Å²) in [5, 5.41) is 9.30. The smallest absolute Gasteiger partial charge is 0.133 e. The van der Waals surface area contributed by atoms with Crippen molar-refractivity contribution < 1.29 is 0 Å². The molecule has 2 heterocycles. The van der Waals surface area contributed by atoms with Crippen LogP contribution in [0.25, 0.3) is 16.9 Å². The highest BCUT2D eigenvalue weighted by Crippen LogP contribution is 2.35. The van der Waals surface area contributed by atoms with Gasteiger partial charge in [-0.3, -0.25) is 0 Å². The third kappa shape index (κ3) is 3.17. The molecular weight excluding hydrogens is 344 g/mol. The second-order valence-corrected chi connectivity index (χ2v) is 7.33. The summed E-state index contributed by atoms with van der Waals surface area (Å²) < 4.78 is 2.00. The Morgan fingerprint density at radius 1 is 1.08 bits per heavy atom. The summed E-state index contributed by atoms with van der Waals surface area (Å²) in [6.45, 7) is 0.969. The number of hydrogen-bond donors (Lipinski definition) is 1. The zero-order chi connectivity index (χ0) is 18.1. The number of benzene rings is 2. The number of halogens is 1. The Morgan fingerprint density at radius 3 is 2.73 bits per heavy atom. The lowest BCUT2D eigenvalue weighted by atomic mass is 10.0. The van der Waals surface area contributed by atoms with Crippen molar-refractivity contribution in [3.63, 3.8) is 0 Å². The summed E-state index contributed by atoms with van der Waals surface area (Å²) in [5.74, 6) is 1.09. The zero-order valence-corrected chi connectivity index (χ0v) is 15.9. The van der Waals surface area contributed by atoms with E-state index in [1.165, 1.54) is 24.1 Å². The van der Waals surface area contributed by atoms with E-state index in [-0.39, 0.29) is 0 Å². The normalized spacial score (nSPS) is 13.7. The predicted molar refractivity (Wildman–Crippen MR) is 110 cm³/mol. The molecule has 26 heavy (non-hydrogen) atoms. The van der Waals surface area contributed by atoms with Crippen molar-refractivity contribution in [2.75, 3.05) is 30.9 Å². The molecule has 0 radical (unpaired) electrons. The van der Waals surface area contributed by atoms with Gasteiger partial charge in [-0.1, -0.05) is 29.8 Å². The van der Waals surface area contributed by atoms with Gasteiger partial charge in [-0.05, 0) is 49.6 Å². The summed E-state index contributed by atoms with van der Waals surface area (Å²) in [5.41, 5.74) is 5.65. The molecule has 1 aliphatic rings. The lowest BCUT2D eigenvalue weighted by Gasteiger charge is -2.13. The van der Waals surface area contributed by atoms with Gasteiger partial charge >= 0.3 is 0 Å². The molecular formula is C21H23ClN4. The quantitative estimate of drug-likeness (QED) is 0.707. The fraction of sp³-hybridized carbons (Fsp3) is 0.286. The number of rotatable bonds is 3. The fourth-order valence-electron chi connectivity index (χ4n) is 3.46. The molecule has 0 saturated heterocycles. The number of fused-ring (bicyclic) bond motifs is 1. The molecule has 1 aromatic heterocycles. The standard InChI is InChI=1S/C21H23ClN4/c1-25(2)17-9-5-7-15(13-17)20-19-11-3-4-12-23-21(19)26(24-20)18-10-6-8-16(22)14-18/h5-10,13-14,23H,3-4,11-12H2,1-2H3. The summed E-state index contributed by atoms with van der Waals surface area (Å²) in [7, 11) is 4.12. The van der Waals surface area contributed by atoms with Crippen molar-refractivity contribution in [3.05, 3.63) is 59.1 Å². The van der Waals surface area contributed by atoms with Crippen LogP contribution < -0.4 is 10.2 Å². The van der Waals surface area contributed by atoms with Crippen molar-refractivity contribution in [1.82, 2.24) is 9.78 Å². The largest absolute Gasteiger partial charge is 0.378 e. The van der Waals surface area contributed by atoms with Crippen LogP contribution in [0.2, 0.25) is 5.02 Å². The number of anilines is 2. The van der Waals surface area contributed by atoms with E-state index in [0.29, 0.717) is 0 Å². The molecule has 4 rings (SSSR count). The molecule has 0 amide bonds. The Bertz CT molecular complexity index is 930. The first-order valence-electron chi connectivity index (χ1n) is 9.03. The first-order valence-corrected chi connectivity index (χ1v) is 9.41. The lowest BCUT2D eigenvalue weighted by Crippen LogP contribution is -2.08. The molecule has 0 aliphatic carbocycles. The van der Waals surface area contributed by atoms with Crippen molar-refractivity contribution >= 4 is 23.1 Å². The van der Waals surface area contributed by atoms with Crippen LogP contribution in [0, 0.1) is 0 Å². The van der Waals surface area contributed by atoms with Gasteiger partial charge in [-0.15, -0.1) is 0 Å². The molecule has 0 atom stereocenters. The van der Waals surface area contributed by atoms with E-state index in [1.54, 1.807) is 0 Å². The molecule has 3 aromatic rings. The molecule has 134 valence electrons. The van der Waals surface area contributed by atoms with Crippen LogP contribution in [0.1, 0.15) is 18.4 Å². The van der Waals surface area contributed by atoms with Crippen LogP contribution in [0.5, 0.6) is 0 Å². The number of aromatic nitrogens is 2. The lowest BCUT2D eigenvalue weighted by molar-refractivity contribution is 0.780. The zero-order valence-electron chi connectivity index (χ0n) is 15.2. The maximum atomic E-state index is 6.22. The van der Waals surface area contributed by atoms with Gasteiger partial charge in [0.2, 0.25) is 0 Å². The van der Waals surface area contributed by atoms with Gasteiger partial charge in [0.1, 0.15) is 5.82 Å². The molecule has 4 nitrogen and oxygen atoms in total. The second kappa shape index (κ2) is 7.04. The van der Waals surface area contributed by atoms with Gasteiger partial charge in [-0.25, -0.2) is 4.68 Å². The van der Waals surface area contributed by atoms with E-state index in [0.717, 1.165) is 40.8 Å². The number of nitrogens with zero attached hydrogens (tertiary/aromatic N) is 3. The SMILES string of the molecule is CN(C)c1cccc(-c2nn(-c3cccc(Cl)c3)c3c2CCCCN3)c1. The first kappa shape index (κ1) is 17.0. The highest BCUT2D eigenvalue weighted by Gasteiger charge is 2.22. The molecule has 2 aromatic carbocycles. The predicted octanol–water partition coefficient (Wildman–Crippen LogP) is 5.01. The van der Waals surface area contributed by atoms with E-state index >= 15 is 0 Å². The van der Waals surface area contributed by atoms with Crippen LogP contribution in [0.15, 0.2) is 48.5 Å².